The average molecular weight is 190 g/mol. The lowest BCUT2D eigenvalue weighted by atomic mass is 9.78. The van der Waals surface area contributed by atoms with E-state index in [-0.39, 0.29) is 0 Å². The Balaban J connectivity index is 1.78. The lowest BCUT2D eigenvalue weighted by Gasteiger charge is -2.35. The molecule has 0 atom stereocenters. The Hall–Kier alpha value is -0.890. The van der Waals surface area contributed by atoms with Gasteiger partial charge in [0.15, 0.2) is 0 Å². The third-order valence-electron chi connectivity index (χ3n) is 2.93. The fourth-order valence-corrected chi connectivity index (χ4v) is 1.99. The van der Waals surface area contributed by atoms with Gasteiger partial charge in [-0.05, 0) is 37.9 Å². The maximum absolute atomic E-state index is 4.39. The van der Waals surface area contributed by atoms with Gasteiger partial charge in [0.25, 0.3) is 0 Å². The second kappa shape index (κ2) is 4.56. The van der Waals surface area contributed by atoms with Crippen molar-refractivity contribution in [2.45, 2.75) is 38.1 Å². The Morgan fingerprint density at radius 3 is 2.93 bits per heavy atom. The molecule has 1 saturated carbocycles. The monoisotopic (exact) mass is 190 g/mol. The number of rotatable bonds is 4. The molecule has 0 aromatic carbocycles. The minimum Gasteiger partial charge on any atom is -0.314 e. The van der Waals surface area contributed by atoms with Crippen molar-refractivity contribution in [1.82, 2.24) is 10.3 Å². The van der Waals surface area contributed by atoms with E-state index in [4.69, 9.17) is 0 Å². The summed E-state index contributed by atoms with van der Waals surface area (Å²) in [5.74, 6) is 0.700. The Morgan fingerprint density at radius 2 is 2.29 bits per heavy atom. The van der Waals surface area contributed by atoms with Crippen LogP contribution in [-0.2, 0) is 0 Å². The predicted octanol–water partition coefficient (Wildman–Crippen LogP) is 2.33. The molecular formula is C12H18N2. The maximum atomic E-state index is 4.39. The van der Waals surface area contributed by atoms with E-state index in [0.717, 1.165) is 12.6 Å². The molecule has 1 aliphatic carbocycles. The van der Waals surface area contributed by atoms with Crippen molar-refractivity contribution in [1.29, 1.82) is 0 Å². The third-order valence-corrected chi connectivity index (χ3v) is 2.93. The van der Waals surface area contributed by atoms with Crippen LogP contribution in [0.3, 0.4) is 0 Å². The quantitative estimate of drug-likeness (QED) is 0.788. The lowest BCUT2D eigenvalue weighted by Crippen LogP contribution is -2.40. The van der Waals surface area contributed by atoms with Crippen LogP contribution in [0.5, 0.6) is 0 Å². The fraction of sp³-hybridized carbons (Fsp3) is 0.583. The Morgan fingerprint density at radius 1 is 1.43 bits per heavy atom. The second-order valence-electron chi connectivity index (χ2n) is 4.07. The molecule has 2 rings (SSSR count). The first kappa shape index (κ1) is 9.66. The summed E-state index contributed by atoms with van der Waals surface area (Å²) in [7, 11) is 0. The van der Waals surface area contributed by atoms with E-state index in [2.05, 4.69) is 29.4 Å². The summed E-state index contributed by atoms with van der Waals surface area (Å²) >= 11 is 0. The number of hydrogen-bond acceptors (Lipinski definition) is 2. The minimum atomic E-state index is 0.700. The molecule has 0 unspecified atom stereocenters. The zero-order valence-corrected chi connectivity index (χ0v) is 8.74. The second-order valence-corrected chi connectivity index (χ2v) is 4.07. The van der Waals surface area contributed by atoms with Crippen LogP contribution in [0.15, 0.2) is 24.4 Å². The molecule has 1 fully saturated rings. The molecular weight excluding hydrogens is 172 g/mol. The zero-order valence-electron chi connectivity index (χ0n) is 8.74. The van der Waals surface area contributed by atoms with Crippen LogP contribution in [-0.4, -0.2) is 17.6 Å². The summed E-state index contributed by atoms with van der Waals surface area (Å²) in [6, 6.07) is 6.94. The number of nitrogens with one attached hydrogen (secondary N) is 1. The van der Waals surface area contributed by atoms with E-state index in [1.165, 1.54) is 25.0 Å². The van der Waals surface area contributed by atoms with Crippen LogP contribution in [0.25, 0.3) is 0 Å². The predicted molar refractivity (Wildman–Crippen MR) is 58.3 cm³/mol. The molecule has 14 heavy (non-hydrogen) atoms. The van der Waals surface area contributed by atoms with E-state index < -0.39 is 0 Å². The Labute approximate surface area is 85.7 Å². The number of hydrogen-bond donors (Lipinski definition) is 1. The van der Waals surface area contributed by atoms with Gasteiger partial charge < -0.3 is 5.32 Å². The van der Waals surface area contributed by atoms with Crippen LogP contribution in [0.2, 0.25) is 0 Å². The van der Waals surface area contributed by atoms with E-state index in [1.54, 1.807) is 0 Å². The molecule has 2 nitrogen and oxygen atoms in total. The molecule has 0 radical (unpaired) electrons. The molecule has 0 saturated heterocycles. The molecule has 2 heteroatoms. The van der Waals surface area contributed by atoms with Gasteiger partial charge in [0, 0.05) is 23.9 Å². The average Bonchev–Trinajstić information content (AvgIpc) is 2.17. The Kier molecular flexibility index (Phi) is 3.14. The normalized spacial score (nSPS) is 25.8. The molecule has 1 aromatic rings. The van der Waals surface area contributed by atoms with Gasteiger partial charge in [-0.1, -0.05) is 13.0 Å². The molecule has 0 amide bonds. The van der Waals surface area contributed by atoms with Gasteiger partial charge >= 0.3 is 0 Å². The first-order valence-corrected chi connectivity index (χ1v) is 5.54. The number of nitrogens with zero attached hydrogens (tertiary/aromatic N) is 1. The van der Waals surface area contributed by atoms with Crippen molar-refractivity contribution in [3.05, 3.63) is 30.1 Å². The van der Waals surface area contributed by atoms with E-state index >= 15 is 0 Å². The molecule has 0 spiro atoms. The molecule has 1 aliphatic rings. The molecule has 0 aliphatic heterocycles. The fourth-order valence-electron chi connectivity index (χ4n) is 1.99. The van der Waals surface area contributed by atoms with E-state index in [1.807, 2.05) is 12.3 Å². The maximum Gasteiger partial charge on any atom is 0.0435 e. The summed E-state index contributed by atoms with van der Waals surface area (Å²) in [5, 5.41) is 3.54. The van der Waals surface area contributed by atoms with Crippen molar-refractivity contribution in [3.63, 3.8) is 0 Å². The summed E-state index contributed by atoms with van der Waals surface area (Å²) in [6.45, 7) is 3.36. The Bertz CT molecular complexity index is 265. The summed E-state index contributed by atoms with van der Waals surface area (Å²) in [6.07, 6.45) is 5.64. The van der Waals surface area contributed by atoms with E-state index in [9.17, 15) is 0 Å². The largest absolute Gasteiger partial charge is 0.314 e. The highest BCUT2D eigenvalue weighted by Gasteiger charge is 2.30. The summed E-state index contributed by atoms with van der Waals surface area (Å²) in [4.78, 5) is 4.39. The first-order valence-electron chi connectivity index (χ1n) is 5.54. The molecule has 76 valence electrons. The van der Waals surface area contributed by atoms with Crippen LogP contribution < -0.4 is 5.32 Å². The van der Waals surface area contributed by atoms with Gasteiger partial charge in [-0.2, -0.15) is 0 Å². The van der Waals surface area contributed by atoms with Crippen molar-refractivity contribution < 1.29 is 0 Å². The molecule has 0 bridgehead atoms. The summed E-state index contributed by atoms with van der Waals surface area (Å²) in [5.41, 5.74) is 1.27. The smallest absolute Gasteiger partial charge is 0.0435 e. The van der Waals surface area contributed by atoms with Crippen LogP contribution in [0.4, 0.5) is 0 Å². The van der Waals surface area contributed by atoms with Crippen LogP contribution >= 0.6 is 0 Å². The van der Waals surface area contributed by atoms with Crippen molar-refractivity contribution in [3.8, 4) is 0 Å². The van der Waals surface area contributed by atoms with Crippen LogP contribution in [0.1, 0.15) is 37.8 Å². The number of aromatic nitrogens is 1. The lowest BCUT2D eigenvalue weighted by molar-refractivity contribution is 0.287. The van der Waals surface area contributed by atoms with Gasteiger partial charge in [-0.15, -0.1) is 0 Å². The van der Waals surface area contributed by atoms with Gasteiger partial charge in [0.2, 0.25) is 0 Å². The van der Waals surface area contributed by atoms with Crippen molar-refractivity contribution in [2.24, 2.45) is 0 Å². The van der Waals surface area contributed by atoms with Gasteiger partial charge in [0.1, 0.15) is 0 Å². The van der Waals surface area contributed by atoms with Crippen molar-refractivity contribution in [2.75, 3.05) is 6.54 Å². The SMILES string of the molecule is CCCNC1CC(c2ccccn2)C1. The van der Waals surface area contributed by atoms with Crippen molar-refractivity contribution >= 4 is 0 Å². The standard InChI is InChI=1S/C12H18N2/c1-2-6-13-11-8-10(9-11)12-5-3-4-7-14-12/h3-5,7,10-11,13H,2,6,8-9H2,1H3. The summed E-state index contributed by atoms with van der Waals surface area (Å²) < 4.78 is 0. The zero-order chi connectivity index (χ0) is 9.80. The highest BCUT2D eigenvalue weighted by atomic mass is 14.9. The molecule has 1 aromatic heterocycles. The van der Waals surface area contributed by atoms with Gasteiger partial charge in [-0.3, -0.25) is 4.98 Å². The number of pyridine rings is 1. The van der Waals surface area contributed by atoms with E-state index in [0.29, 0.717) is 5.92 Å². The highest BCUT2D eigenvalue weighted by Crippen LogP contribution is 2.35. The van der Waals surface area contributed by atoms with Gasteiger partial charge in [-0.25, -0.2) is 0 Å². The first-order chi connectivity index (χ1) is 6.90. The van der Waals surface area contributed by atoms with Crippen LogP contribution in [0, 0.1) is 0 Å². The molecule has 1 heterocycles. The highest BCUT2D eigenvalue weighted by molar-refractivity contribution is 5.14. The van der Waals surface area contributed by atoms with Gasteiger partial charge in [0.05, 0.1) is 0 Å². The third kappa shape index (κ3) is 2.13. The minimum absolute atomic E-state index is 0.700. The topological polar surface area (TPSA) is 24.9 Å². The molecule has 1 N–H and O–H groups in total.